The number of methoxy groups -OCH3 is 1. The van der Waals surface area contributed by atoms with Gasteiger partial charge in [-0.1, -0.05) is 19.1 Å². The van der Waals surface area contributed by atoms with Crippen molar-refractivity contribution in [3.8, 4) is 5.75 Å². The number of hydrogen-bond donors (Lipinski definition) is 0. The molecule has 4 nitrogen and oxygen atoms in total. The lowest BCUT2D eigenvalue weighted by molar-refractivity contribution is -0.157. The maximum absolute atomic E-state index is 12.3. The number of carbonyl (C=O) groups excluding carboxylic acids is 2. The third-order valence-electron chi connectivity index (χ3n) is 4.13. The Morgan fingerprint density at radius 3 is 2.81 bits per heavy atom. The molecule has 0 saturated heterocycles. The van der Waals surface area contributed by atoms with Crippen LogP contribution in [0.4, 0.5) is 0 Å². The van der Waals surface area contributed by atoms with Gasteiger partial charge in [0.2, 0.25) is 0 Å². The van der Waals surface area contributed by atoms with E-state index in [1.165, 1.54) is 0 Å². The smallest absolute Gasteiger partial charge is 0.309 e. The zero-order valence-corrected chi connectivity index (χ0v) is 12.8. The molecule has 1 fully saturated rings. The molecule has 3 atom stereocenters. The van der Waals surface area contributed by atoms with Crippen LogP contribution in [0.1, 0.15) is 44.8 Å². The fourth-order valence-electron chi connectivity index (χ4n) is 2.78. The number of carbonyl (C=O) groups is 2. The van der Waals surface area contributed by atoms with Crippen molar-refractivity contribution in [2.24, 2.45) is 11.8 Å². The summed E-state index contributed by atoms with van der Waals surface area (Å²) in [7, 11) is 1.61. The number of benzene rings is 1. The van der Waals surface area contributed by atoms with Gasteiger partial charge in [0.25, 0.3) is 0 Å². The summed E-state index contributed by atoms with van der Waals surface area (Å²) in [5.41, 5.74) is 0.905. The van der Waals surface area contributed by atoms with Crippen LogP contribution in [0.3, 0.4) is 0 Å². The summed E-state index contributed by atoms with van der Waals surface area (Å²) in [6.07, 6.45) is 1.24. The Labute approximate surface area is 125 Å². The molecule has 1 aliphatic carbocycles. The summed E-state index contributed by atoms with van der Waals surface area (Å²) < 4.78 is 10.8. The second-order valence-electron chi connectivity index (χ2n) is 5.72. The highest BCUT2D eigenvalue weighted by atomic mass is 16.5. The van der Waals surface area contributed by atoms with E-state index < -0.39 is 0 Å². The maximum Gasteiger partial charge on any atom is 0.309 e. The van der Waals surface area contributed by atoms with Crippen LogP contribution >= 0.6 is 0 Å². The number of rotatable bonds is 4. The Bertz CT molecular complexity index is 523. The summed E-state index contributed by atoms with van der Waals surface area (Å²) in [6.45, 7) is 3.80. The lowest BCUT2D eigenvalue weighted by Crippen LogP contribution is -2.31. The molecule has 0 amide bonds. The first kappa shape index (κ1) is 15.5. The van der Waals surface area contributed by atoms with Crippen LogP contribution in [0.25, 0.3) is 0 Å². The molecule has 1 aromatic carbocycles. The molecule has 21 heavy (non-hydrogen) atoms. The number of ketones is 1. The standard InChI is InChI=1S/C17H22O4/c1-11-9-14(18)7-8-16(11)17(19)21-12(2)13-5-4-6-15(10-13)20-3/h4-6,10-12,16H,7-9H2,1-3H3. The molecule has 4 heteroatoms. The highest BCUT2D eigenvalue weighted by Crippen LogP contribution is 2.31. The first-order valence-electron chi connectivity index (χ1n) is 7.37. The van der Waals surface area contributed by atoms with Crippen molar-refractivity contribution >= 4 is 11.8 Å². The van der Waals surface area contributed by atoms with Gasteiger partial charge in [-0.3, -0.25) is 9.59 Å². The van der Waals surface area contributed by atoms with Crippen LogP contribution in [-0.4, -0.2) is 18.9 Å². The van der Waals surface area contributed by atoms with Crippen molar-refractivity contribution in [2.45, 2.75) is 39.2 Å². The Balaban J connectivity index is 1.99. The largest absolute Gasteiger partial charge is 0.497 e. The van der Waals surface area contributed by atoms with E-state index in [0.717, 1.165) is 11.3 Å². The summed E-state index contributed by atoms with van der Waals surface area (Å²) in [6, 6.07) is 7.51. The van der Waals surface area contributed by atoms with Crippen LogP contribution in [-0.2, 0) is 14.3 Å². The van der Waals surface area contributed by atoms with E-state index in [1.807, 2.05) is 38.1 Å². The van der Waals surface area contributed by atoms with Gasteiger partial charge in [-0.2, -0.15) is 0 Å². The van der Waals surface area contributed by atoms with E-state index in [9.17, 15) is 9.59 Å². The molecule has 0 heterocycles. The van der Waals surface area contributed by atoms with Gasteiger partial charge in [-0.05, 0) is 37.0 Å². The highest BCUT2D eigenvalue weighted by Gasteiger charge is 2.33. The SMILES string of the molecule is COc1cccc(C(C)OC(=O)C2CCC(=O)CC2C)c1. The quantitative estimate of drug-likeness (QED) is 0.798. The van der Waals surface area contributed by atoms with E-state index in [0.29, 0.717) is 19.3 Å². The van der Waals surface area contributed by atoms with Crippen molar-refractivity contribution in [3.05, 3.63) is 29.8 Å². The van der Waals surface area contributed by atoms with Gasteiger partial charge in [0, 0.05) is 12.8 Å². The summed E-state index contributed by atoms with van der Waals surface area (Å²) in [4.78, 5) is 23.7. The van der Waals surface area contributed by atoms with E-state index in [-0.39, 0.29) is 29.7 Å². The van der Waals surface area contributed by atoms with Gasteiger partial charge < -0.3 is 9.47 Å². The fraction of sp³-hybridized carbons (Fsp3) is 0.529. The number of esters is 1. The molecule has 0 bridgehead atoms. The molecular weight excluding hydrogens is 268 g/mol. The molecule has 0 spiro atoms. The Morgan fingerprint density at radius 1 is 1.38 bits per heavy atom. The van der Waals surface area contributed by atoms with E-state index >= 15 is 0 Å². The second kappa shape index (κ2) is 6.74. The number of Topliss-reactive ketones (excluding diaryl/α,β-unsaturated/α-hetero) is 1. The zero-order valence-electron chi connectivity index (χ0n) is 12.8. The maximum atomic E-state index is 12.3. The monoisotopic (exact) mass is 290 g/mol. The van der Waals surface area contributed by atoms with Crippen LogP contribution < -0.4 is 4.74 Å². The van der Waals surface area contributed by atoms with E-state index in [2.05, 4.69) is 0 Å². The molecule has 1 aromatic rings. The third kappa shape index (κ3) is 3.84. The van der Waals surface area contributed by atoms with Gasteiger partial charge in [0.05, 0.1) is 13.0 Å². The molecular formula is C17H22O4. The van der Waals surface area contributed by atoms with Gasteiger partial charge in [-0.15, -0.1) is 0 Å². The predicted octanol–water partition coefficient (Wildman–Crippen LogP) is 3.30. The first-order valence-corrected chi connectivity index (χ1v) is 7.37. The van der Waals surface area contributed by atoms with Gasteiger partial charge in [0.1, 0.15) is 17.6 Å². The molecule has 0 aromatic heterocycles. The average Bonchev–Trinajstić information content (AvgIpc) is 2.47. The lowest BCUT2D eigenvalue weighted by atomic mass is 9.80. The molecule has 3 unspecified atom stereocenters. The van der Waals surface area contributed by atoms with Gasteiger partial charge in [-0.25, -0.2) is 0 Å². The van der Waals surface area contributed by atoms with Crippen LogP contribution in [0, 0.1) is 11.8 Å². The van der Waals surface area contributed by atoms with Crippen molar-refractivity contribution in [3.63, 3.8) is 0 Å². The summed E-state index contributed by atoms with van der Waals surface area (Å²) in [5.74, 6) is 0.678. The normalized spacial score (nSPS) is 23.5. The minimum Gasteiger partial charge on any atom is -0.497 e. The average molecular weight is 290 g/mol. The predicted molar refractivity (Wildman–Crippen MR) is 79.0 cm³/mol. The molecule has 1 aliphatic rings. The topological polar surface area (TPSA) is 52.6 Å². The Kier molecular flexibility index (Phi) is 4.99. The molecule has 2 rings (SSSR count). The molecule has 0 radical (unpaired) electrons. The van der Waals surface area contributed by atoms with Crippen molar-refractivity contribution in [1.29, 1.82) is 0 Å². The van der Waals surface area contributed by atoms with E-state index in [4.69, 9.17) is 9.47 Å². The van der Waals surface area contributed by atoms with Crippen LogP contribution in [0.15, 0.2) is 24.3 Å². The number of hydrogen-bond acceptors (Lipinski definition) is 4. The number of ether oxygens (including phenoxy) is 2. The Morgan fingerprint density at radius 2 is 2.14 bits per heavy atom. The molecule has 1 saturated carbocycles. The lowest BCUT2D eigenvalue weighted by Gasteiger charge is -2.27. The summed E-state index contributed by atoms with van der Waals surface area (Å²) >= 11 is 0. The minimum atomic E-state index is -0.322. The molecule has 0 aliphatic heterocycles. The Hall–Kier alpha value is -1.84. The second-order valence-corrected chi connectivity index (χ2v) is 5.72. The van der Waals surface area contributed by atoms with Crippen LogP contribution in [0.5, 0.6) is 5.75 Å². The van der Waals surface area contributed by atoms with Gasteiger partial charge >= 0.3 is 5.97 Å². The highest BCUT2D eigenvalue weighted by molar-refractivity contribution is 5.83. The molecule has 0 N–H and O–H groups in total. The molecule has 114 valence electrons. The fourth-order valence-corrected chi connectivity index (χ4v) is 2.78. The van der Waals surface area contributed by atoms with Crippen molar-refractivity contribution < 1.29 is 19.1 Å². The first-order chi connectivity index (χ1) is 10.0. The van der Waals surface area contributed by atoms with Gasteiger partial charge in [0.15, 0.2) is 0 Å². The third-order valence-corrected chi connectivity index (χ3v) is 4.13. The van der Waals surface area contributed by atoms with Crippen LogP contribution in [0.2, 0.25) is 0 Å². The van der Waals surface area contributed by atoms with Crippen molar-refractivity contribution in [2.75, 3.05) is 7.11 Å². The summed E-state index contributed by atoms with van der Waals surface area (Å²) in [5, 5.41) is 0. The zero-order chi connectivity index (χ0) is 15.4. The van der Waals surface area contributed by atoms with Crippen molar-refractivity contribution in [1.82, 2.24) is 0 Å². The van der Waals surface area contributed by atoms with E-state index in [1.54, 1.807) is 7.11 Å². The minimum absolute atomic E-state index is 0.0660.